The number of anilines is 1. The summed E-state index contributed by atoms with van der Waals surface area (Å²) < 4.78 is 0. The predicted molar refractivity (Wildman–Crippen MR) is 101 cm³/mol. The SMILES string of the molecule is Cc1cc(=O)[nH]c(N/N=C(/CCc2ccccc2)c2ccccc2)n1. The van der Waals surface area contributed by atoms with Gasteiger partial charge in [0.15, 0.2) is 0 Å². The van der Waals surface area contributed by atoms with Crippen molar-refractivity contribution >= 4 is 11.7 Å². The molecule has 126 valence electrons. The van der Waals surface area contributed by atoms with Gasteiger partial charge in [0.25, 0.3) is 5.56 Å². The normalized spacial score (nSPS) is 11.3. The van der Waals surface area contributed by atoms with Gasteiger partial charge in [-0.1, -0.05) is 60.7 Å². The molecule has 0 amide bonds. The van der Waals surface area contributed by atoms with E-state index in [9.17, 15) is 4.79 Å². The van der Waals surface area contributed by atoms with Crippen molar-refractivity contribution < 1.29 is 0 Å². The first-order valence-corrected chi connectivity index (χ1v) is 8.20. The average Bonchev–Trinajstić information content (AvgIpc) is 2.62. The molecule has 0 saturated carbocycles. The number of aromatic nitrogens is 2. The lowest BCUT2D eigenvalue weighted by atomic mass is 10.0. The van der Waals surface area contributed by atoms with Crippen LogP contribution in [0.1, 0.15) is 23.2 Å². The van der Waals surface area contributed by atoms with Crippen LogP contribution in [0, 0.1) is 6.92 Å². The second kappa shape index (κ2) is 8.06. The van der Waals surface area contributed by atoms with E-state index in [0.717, 1.165) is 24.1 Å². The van der Waals surface area contributed by atoms with Gasteiger partial charge in [0, 0.05) is 11.8 Å². The molecule has 2 aromatic carbocycles. The quantitative estimate of drug-likeness (QED) is 0.536. The zero-order valence-corrected chi connectivity index (χ0v) is 14.1. The van der Waals surface area contributed by atoms with Gasteiger partial charge in [0.1, 0.15) is 0 Å². The minimum Gasteiger partial charge on any atom is -0.291 e. The molecule has 0 unspecified atom stereocenters. The molecule has 5 nitrogen and oxygen atoms in total. The van der Waals surface area contributed by atoms with E-state index in [-0.39, 0.29) is 5.56 Å². The second-order valence-electron chi connectivity index (χ2n) is 5.76. The lowest BCUT2D eigenvalue weighted by Gasteiger charge is -2.08. The van der Waals surface area contributed by atoms with Crippen LogP contribution in [0.4, 0.5) is 5.95 Å². The summed E-state index contributed by atoms with van der Waals surface area (Å²) >= 11 is 0. The zero-order valence-electron chi connectivity index (χ0n) is 14.1. The van der Waals surface area contributed by atoms with E-state index >= 15 is 0 Å². The van der Waals surface area contributed by atoms with Crippen LogP contribution in [0.25, 0.3) is 0 Å². The number of aromatic amines is 1. The molecule has 0 fully saturated rings. The Kier molecular flexibility index (Phi) is 5.36. The molecule has 1 heterocycles. The largest absolute Gasteiger partial charge is 0.291 e. The van der Waals surface area contributed by atoms with Gasteiger partial charge in [-0.05, 0) is 30.9 Å². The number of nitrogens with one attached hydrogen (secondary N) is 2. The summed E-state index contributed by atoms with van der Waals surface area (Å²) in [7, 11) is 0. The molecule has 0 aliphatic rings. The zero-order chi connectivity index (χ0) is 17.5. The van der Waals surface area contributed by atoms with Crippen LogP contribution in [0.5, 0.6) is 0 Å². The van der Waals surface area contributed by atoms with Gasteiger partial charge >= 0.3 is 0 Å². The van der Waals surface area contributed by atoms with Gasteiger partial charge in [0.2, 0.25) is 5.95 Å². The van der Waals surface area contributed by atoms with Crippen LogP contribution in [-0.2, 0) is 6.42 Å². The smallest absolute Gasteiger partial charge is 0.252 e. The van der Waals surface area contributed by atoms with E-state index in [0.29, 0.717) is 11.6 Å². The van der Waals surface area contributed by atoms with Crippen LogP contribution < -0.4 is 11.0 Å². The van der Waals surface area contributed by atoms with E-state index in [1.165, 1.54) is 11.6 Å². The van der Waals surface area contributed by atoms with Crippen molar-refractivity contribution in [3.63, 3.8) is 0 Å². The molecule has 0 bridgehead atoms. The number of hydrazone groups is 1. The number of aryl methyl sites for hydroxylation is 2. The summed E-state index contributed by atoms with van der Waals surface area (Å²) in [6.45, 7) is 1.78. The number of nitrogens with zero attached hydrogens (tertiary/aromatic N) is 2. The van der Waals surface area contributed by atoms with Gasteiger partial charge in [0.05, 0.1) is 5.71 Å². The molecule has 0 spiro atoms. The first kappa shape index (κ1) is 16.6. The number of hydrogen-bond acceptors (Lipinski definition) is 4. The molecular weight excluding hydrogens is 312 g/mol. The van der Waals surface area contributed by atoms with Gasteiger partial charge in [-0.15, -0.1) is 0 Å². The Morgan fingerprint density at radius 2 is 1.76 bits per heavy atom. The van der Waals surface area contributed by atoms with Crippen molar-refractivity contribution in [2.75, 3.05) is 5.43 Å². The van der Waals surface area contributed by atoms with Crippen LogP contribution >= 0.6 is 0 Å². The highest BCUT2D eigenvalue weighted by Gasteiger charge is 2.05. The van der Waals surface area contributed by atoms with Gasteiger partial charge in [-0.2, -0.15) is 5.10 Å². The van der Waals surface area contributed by atoms with Gasteiger partial charge < -0.3 is 0 Å². The molecule has 1 aromatic heterocycles. The maximum absolute atomic E-state index is 11.6. The van der Waals surface area contributed by atoms with Crippen molar-refractivity contribution in [3.8, 4) is 0 Å². The topological polar surface area (TPSA) is 70.1 Å². The second-order valence-corrected chi connectivity index (χ2v) is 5.76. The highest BCUT2D eigenvalue weighted by molar-refractivity contribution is 6.01. The number of rotatable bonds is 6. The summed E-state index contributed by atoms with van der Waals surface area (Å²) in [4.78, 5) is 18.4. The summed E-state index contributed by atoms with van der Waals surface area (Å²) in [5.41, 5.74) is 6.54. The fourth-order valence-corrected chi connectivity index (χ4v) is 2.56. The molecule has 25 heavy (non-hydrogen) atoms. The van der Waals surface area contributed by atoms with E-state index in [4.69, 9.17) is 0 Å². The fourth-order valence-electron chi connectivity index (χ4n) is 2.56. The summed E-state index contributed by atoms with van der Waals surface area (Å²) in [6.07, 6.45) is 1.66. The first-order chi connectivity index (χ1) is 12.2. The molecule has 3 rings (SSSR count). The van der Waals surface area contributed by atoms with Crippen molar-refractivity contribution in [2.45, 2.75) is 19.8 Å². The van der Waals surface area contributed by atoms with E-state index in [1.807, 2.05) is 48.5 Å². The molecule has 5 heteroatoms. The van der Waals surface area contributed by atoms with E-state index in [2.05, 4.69) is 32.6 Å². The Labute approximate surface area is 146 Å². The molecule has 0 radical (unpaired) electrons. The third-order valence-corrected chi connectivity index (χ3v) is 3.77. The molecule has 3 aromatic rings. The van der Waals surface area contributed by atoms with E-state index < -0.39 is 0 Å². The van der Waals surface area contributed by atoms with Crippen LogP contribution in [-0.4, -0.2) is 15.7 Å². The van der Waals surface area contributed by atoms with Crippen LogP contribution in [0.2, 0.25) is 0 Å². The summed E-state index contributed by atoms with van der Waals surface area (Å²) in [5.74, 6) is 0.346. The van der Waals surface area contributed by atoms with Crippen molar-refractivity contribution in [2.24, 2.45) is 5.10 Å². The molecule has 0 atom stereocenters. The molecule has 0 aliphatic carbocycles. The number of H-pyrrole nitrogens is 1. The molecule has 2 N–H and O–H groups in total. The summed E-state index contributed by atoms with van der Waals surface area (Å²) in [6, 6.07) is 21.7. The third-order valence-electron chi connectivity index (χ3n) is 3.77. The first-order valence-electron chi connectivity index (χ1n) is 8.20. The Morgan fingerprint density at radius 1 is 1.08 bits per heavy atom. The van der Waals surface area contributed by atoms with Crippen molar-refractivity contribution in [1.82, 2.24) is 9.97 Å². The number of benzene rings is 2. The van der Waals surface area contributed by atoms with Crippen LogP contribution in [0.15, 0.2) is 76.6 Å². The Balaban J connectivity index is 1.81. The minimum atomic E-state index is -0.198. The third kappa shape index (κ3) is 4.88. The van der Waals surface area contributed by atoms with Gasteiger partial charge in [-0.25, -0.2) is 10.4 Å². The molecule has 0 saturated heterocycles. The van der Waals surface area contributed by atoms with E-state index in [1.54, 1.807) is 6.92 Å². The minimum absolute atomic E-state index is 0.198. The Bertz CT molecular complexity index is 902. The van der Waals surface area contributed by atoms with Crippen LogP contribution in [0.3, 0.4) is 0 Å². The Hall–Kier alpha value is -3.21. The maximum Gasteiger partial charge on any atom is 0.252 e. The highest BCUT2D eigenvalue weighted by atomic mass is 16.1. The van der Waals surface area contributed by atoms with Crippen molar-refractivity contribution in [3.05, 3.63) is 93.9 Å². The van der Waals surface area contributed by atoms with Gasteiger partial charge in [-0.3, -0.25) is 9.78 Å². The summed E-state index contributed by atoms with van der Waals surface area (Å²) in [5, 5.41) is 4.50. The lowest BCUT2D eigenvalue weighted by molar-refractivity contribution is 1.01. The highest BCUT2D eigenvalue weighted by Crippen LogP contribution is 2.10. The predicted octanol–water partition coefficient (Wildman–Crippen LogP) is 3.53. The van der Waals surface area contributed by atoms with Crippen molar-refractivity contribution in [1.29, 1.82) is 0 Å². The molecule has 0 aliphatic heterocycles. The average molecular weight is 332 g/mol. The standard InChI is InChI=1S/C20H20N4O/c1-15-14-19(25)22-20(21-15)24-23-18(17-10-6-3-7-11-17)13-12-16-8-4-2-5-9-16/h2-11,14H,12-13H2,1H3,(H2,21,22,24,25)/b23-18-. The number of hydrogen-bond donors (Lipinski definition) is 2. The Morgan fingerprint density at radius 3 is 2.44 bits per heavy atom. The lowest BCUT2D eigenvalue weighted by Crippen LogP contribution is -2.12. The maximum atomic E-state index is 11.6. The monoisotopic (exact) mass is 332 g/mol. The fraction of sp³-hybridized carbons (Fsp3) is 0.150. The molecular formula is C20H20N4O.